The Hall–Kier alpha value is -2.28. The van der Waals surface area contributed by atoms with E-state index in [1.165, 1.54) is 23.5 Å². The second kappa shape index (κ2) is 7.82. The van der Waals surface area contributed by atoms with Crippen LogP contribution >= 0.6 is 11.3 Å². The number of carboxylic acids is 1. The fraction of sp³-hybridized carbons (Fsp3) is 0.312. The predicted molar refractivity (Wildman–Crippen MR) is 85.1 cm³/mol. The van der Waals surface area contributed by atoms with E-state index in [4.69, 9.17) is 5.11 Å². The molecule has 5 nitrogen and oxygen atoms in total. The van der Waals surface area contributed by atoms with Crippen molar-refractivity contribution in [3.05, 3.63) is 51.7 Å². The van der Waals surface area contributed by atoms with Gasteiger partial charge in [-0.05, 0) is 31.0 Å². The molecule has 1 amide bonds. The van der Waals surface area contributed by atoms with Gasteiger partial charge < -0.3 is 10.4 Å². The Bertz CT molecular complexity index is 702. The predicted octanol–water partition coefficient (Wildman–Crippen LogP) is 2.86. The first-order valence-electron chi connectivity index (χ1n) is 7.15. The molecule has 1 heterocycles. The van der Waals surface area contributed by atoms with Gasteiger partial charge >= 0.3 is 5.97 Å². The van der Waals surface area contributed by atoms with Crippen LogP contribution in [0.15, 0.2) is 29.6 Å². The molecule has 0 radical (unpaired) electrons. The van der Waals surface area contributed by atoms with Gasteiger partial charge in [-0.1, -0.05) is 12.1 Å². The quantitative estimate of drug-likeness (QED) is 0.815. The number of aliphatic carboxylic acids is 1. The monoisotopic (exact) mass is 336 g/mol. The number of benzene rings is 1. The van der Waals surface area contributed by atoms with Crippen molar-refractivity contribution in [1.29, 1.82) is 0 Å². The summed E-state index contributed by atoms with van der Waals surface area (Å²) in [5.74, 6) is -1.52. The Morgan fingerprint density at radius 1 is 1.43 bits per heavy atom. The molecule has 0 aliphatic rings. The third-order valence-corrected chi connectivity index (χ3v) is 4.05. The van der Waals surface area contributed by atoms with Crippen molar-refractivity contribution < 1.29 is 19.1 Å². The van der Waals surface area contributed by atoms with E-state index in [9.17, 15) is 14.0 Å². The number of aromatic nitrogens is 1. The molecule has 7 heteroatoms. The lowest BCUT2D eigenvalue weighted by Gasteiger charge is -2.11. The van der Waals surface area contributed by atoms with Crippen molar-refractivity contribution in [2.24, 2.45) is 0 Å². The van der Waals surface area contributed by atoms with E-state index >= 15 is 0 Å². The number of carbonyl (C=O) groups excluding carboxylic acids is 1. The SMILES string of the molecule is CC(CCC(=O)O)NC(=O)c1csc(Cc2cccc(F)c2)n1. The van der Waals surface area contributed by atoms with E-state index < -0.39 is 5.97 Å². The molecule has 2 aromatic rings. The van der Waals surface area contributed by atoms with Gasteiger partial charge in [0, 0.05) is 24.3 Å². The third-order valence-electron chi connectivity index (χ3n) is 3.20. The standard InChI is InChI=1S/C16H17FN2O3S/c1-10(5-6-15(20)21)18-16(22)13-9-23-14(19-13)8-11-3-2-4-12(17)7-11/h2-4,7,9-10H,5-6,8H2,1H3,(H,18,22)(H,20,21). The maximum Gasteiger partial charge on any atom is 0.303 e. The molecule has 0 aliphatic heterocycles. The Labute approximate surface area is 137 Å². The van der Waals surface area contributed by atoms with Crippen LogP contribution in [0.4, 0.5) is 4.39 Å². The highest BCUT2D eigenvalue weighted by Gasteiger charge is 2.14. The number of nitrogens with one attached hydrogen (secondary N) is 1. The van der Waals surface area contributed by atoms with Crippen LogP contribution < -0.4 is 5.32 Å². The number of hydrogen-bond donors (Lipinski definition) is 2. The summed E-state index contributed by atoms with van der Waals surface area (Å²) in [6.07, 6.45) is 0.828. The first kappa shape index (κ1) is 17.1. The zero-order chi connectivity index (χ0) is 16.8. The third kappa shape index (κ3) is 5.45. The Morgan fingerprint density at radius 2 is 2.22 bits per heavy atom. The average Bonchev–Trinajstić information content (AvgIpc) is 2.94. The van der Waals surface area contributed by atoms with Gasteiger partial charge in [0.25, 0.3) is 5.91 Å². The molecule has 0 bridgehead atoms. The Morgan fingerprint density at radius 3 is 2.91 bits per heavy atom. The second-order valence-corrected chi connectivity index (χ2v) is 6.18. The molecule has 2 rings (SSSR count). The minimum atomic E-state index is -0.892. The van der Waals surface area contributed by atoms with Crippen molar-refractivity contribution in [2.75, 3.05) is 0 Å². The van der Waals surface area contributed by atoms with Crippen LogP contribution in [0, 0.1) is 5.82 Å². The molecule has 1 unspecified atom stereocenters. The van der Waals surface area contributed by atoms with Gasteiger partial charge in [-0.15, -0.1) is 11.3 Å². The molecule has 0 saturated heterocycles. The highest BCUT2D eigenvalue weighted by atomic mass is 32.1. The minimum Gasteiger partial charge on any atom is -0.481 e. The van der Waals surface area contributed by atoms with Gasteiger partial charge in [0.2, 0.25) is 0 Å². The number of thiazole rings is 1. The molecule has 1 atom stereocenters. The number of amides is 1. The molecule has 0 fully saturated rings. The van der Waals surface area contributed by atoms with Crippen LogP contribution in [0.1, 0.15) is 40.8 Å². The maximum absolute atomic E-state index is 13.2. The van der Waals surface area contributed by atoms with Crippen LogP contribution in [0.3, 0.4) is 0 Å². The summed E-state index contributed by atoms with van der Waals surface area (Å²) in [5, 5.41) is 13.7. The van der Waals surface area contributed by atoms with Crippen LogP contribution in [0.2, 0.25) is 0 Å². The minimum absolute atomic E-state index is 0.00331. The van der Waals surface area contributed by atoms with Gasteiger partial charge in [0.05, 0.1) is 5.01 Å². The molecule has 1 aromatic carbocycles. The van der Waals surface area contributed by atoms with Crippen LogP contribution in [0.25, 0.3) is 0 Å². The molecule has 2 N–H and O–H groups in total. The molecular weight excluding hydrogens is 319 g/mol. The van der Waals surface area contributed by atoms with Crippen molar-refractivity contribution in [3.63, 3.8) is 0 Å². The number of hydrogen-bond acceptors (Lipinski definition) is 4. The molecule has 0 aliphatic carbocycles. The highest BCUT2D eigenvalue weighted by molar-refractivity contribution is 7.09. The molecular formula is C16H17FN2O3S. The first-order chi connectivity index (χ1) is 10.9. The average molecular weight is 336 g/mol. The van der Waals surface area contributed by atoms with E-state index in [1.54, 1.807) is 24.4 Å². The van der Waals surface area contributed by atoms with Crippen LogP contribution in [-0.2, 0) is 11.2 Å². The zero-order valence-corrected chi connectivity index (χ0v) is 13.4. The topological polar surface area (TPSA) is 79.3 Å². The van der Waals surface area contributed by atoms with Crippen molar-refractivity contribution in [1.82, 2.24) is 10.3 Å². The maximum atomic E-state index is 13.2. The van der Waals surface area contributed by atoms with Crippen molar-refractivity contribution in [3.8, 4) is 0 Å². The summed E-state index contributed by atoms with van der Waals surface area (Å²) in [4.78, 5) is 26.8. The fourth-order valence-electron chi connectivity index (χ4n) is 2.03. The second-order valence-electron chi connectivity index (χ2n) is 5.24. The molecule has 122 valence electrons. The summed E-state index contributed by atoms with van der Waals surface area (Å²) < 4.78 is 13.2. The number of nitrogens with zero attached hydrogens (tertiary/aromatic N) is 1. The van der Waals surface area contributed by atoms with Gasteiger partial charge in [0.15, 0.2) is 0 Å². The number of carboxylic acid groups (broad SMARTS) is 1. The Kier molecular flexibility index (Phi) is 5.81. The number of halogens is 1. The zero-order valence-electron chi connectivity index (χ0n) is 12.6. The molecule has 23 heavy (non-hydrogen) atoms. The summed E-state index contributed by atoms with van der Waals surface area (Å²) in [6.45, 7) is 1.75. The smallest absolute Gasteiger partial charge is 0.303 e. The number of carbonyl (C=O) groups is 2. The van der Waals surface area contributed by atoms with E-state index in [0.29, 0.717) is 18.5 Å². The van der Waals surface area contributed by atoms with Crippen molar-refractivity contribution in [2.45, 2.75) is 32.2 Å². The highest BCUT2D eigenvalue weighted by Crippen LogP contribution is 2.16. The normalized spacial score (nSPS) is 11.9. The largest absolute Gasteiger partial charge is 0.481 e. The lowest BCUT2D eigenvalue weighted by atomic mass is 10.1. The number of rotatable bonds is 7. The summed E-state index contributed by atoms with van der Waals surface area (Å²) in [6, 6.07) is 6.01. The van der Waals surface area contributed by atoms with Gasteiger partial charge in [-0.25, -0.2) is 9.37 Å². The fourth-order valence-corrected chi connectivity index (χ4v) is 2.84. The molecule has 0 saturated carbocycles. The lowest BCUT2D eigenvalue weighted by Crippen LogP contribution is -2.33. The lowest BCUT2D eigenvalue weighted by molar-refractivity contribution is -0.137. The van der Waals surface area contributed by atoms with Gasteiger partial charge in [-0.3, -0.25) is 9.59 Å². The van der Waals surface area contributed by atoms with E-state index in [2.05, 4.69) is 10.3 Å². The Balaban J connectivity index is 1.93. The van der Waals surface area contributed by atoms with E-state index in [1.807, 2.05) is 0 Å². The van der Waals surface area contributed by atoms with E-state index in [-0.39, 0.29) is 24.2 Å². The van der Waals surface area contributed by atoms with Gasteiger partial charge in [0.1, 0.15) is 11.5 Å². The summed E-state index contributed by atoms with van der Waals surface area (Å²) in [7, 11) is 0. The molecule has 0 spiro atoms. The van der Waals surface area contributed by atoms with Crippen molar-refractivity contribution >= 4 is 23.2 Å². The summed E-state index contributed by atoms with van der Waals surface area (Å²) in [5.41, 5.74) is 1.09. The van der Waals surface area contributed by atoms with Crippen LogP contribution in [0.5, 0.6) is 0 Å². The molecule has 1 aromatic heterocycles. The first-order valence-corrected chi connectivity index (χ1v) is 8.03. The van der Waals surface area contributed by atoms with Gasteiger partial charge in [-0.2, -0.15) is 0 Å². The van der Waals surface area contributed by atoms with E-state index in [0.717, 1.165) is 10.6 Å². The summed E-state index contributed by atoms with van der Waals surface area (Å²) >= 11 is 1.34. The van der Waals surface area contributed by atoms with Crippen LogP contribution in [-0.4, -0.2) is 28.0 Å².